The summed E-state index contributed by atoms with van der Waals surface area (Å²) in [6.45, 7) is 5.25. The highest BCUT2D eigenvalue weighted by molar-refractivity contribution is 9.10. The van der Waals surface area contributed by atoms with Crippen molar-refractivity contribution in [2.75, 3.05) is 23.7 Å². The molecule has 0 saturated heterocycles. The lowest BCUT2D eigenvalue weighted by molar-refractivity contribution is 0.0979. The third-order valence-corrected chi connectivity index (χ3v) is 5.27. The van der Waals surface area contributed by atoms with Crippen LogP contribution >= 0.6 is 31.9 Å². The van der Waals surface area contributed by atoms with Crippen LogP contribution in [0, 0.1) is 0 Å². The summed E-state index contributed by atoms with van der Waals surface area (Å²) in [6, 6.07) is 7.26. The third kappa shape index (κ3) is 2.58. The summed E-state index contributed by atoms with van der Waals surface area (Å²) in [5.74, 6) is -0.299. The van der Waals surface area contributed by atoms with Gasteiger partial charge < -0.3 is 10.6 Å². The lowest BCUT2D eigenvalue weighted by atomic mass is 9.82. The van der Waals surface area contributed by atoms with Crippen LogP contribution in [0.4, 0.5) is 11.4 Å². The smallest absolute Gasteiger partial charge is 0.197 e. The Hall–Kier alpha value is -1.66. The average molecular weight is 452 g/mol. The molecule has 3 rings (SSSR count). The van der Waals surface area contributed by atoms with E-state index in [9.17, 15) is 9.59 Å². The minimum absolute atomic E-state index is 0.150. The second kappa shape index (κ2) is 6.69. The van der Waals surface area contributed by atoms with Gasteiger partial charge in [-0.15, -0.1) is 0 Å². The Morgan fingerprint density at radius 2 is 1.08 bits per heavy atom. The van der Waals surface area contributed by atoms with E-state index in [1.807, 2.05) is 26.0 Å². The van der Waals surface area contributed by atoms with E-state index >= 15 is 0 Å². The largest absolute Gasteiger partial charge is 0.385 e. The first-order chi connectivity index (χ1) is 11.5. The van der Waals surface area contributed by atoms with Crippen molar-refractivity contribution < 1.29 is 9.59 Å². The number of anilines is 2. The van der Waals surface area contributed by atoms with Gasteiger partial charge in [-0.1, -0.05) is 31.9 Å². The molecule has 0 saturated carbocycles. The van der Waals surface area contributed by atoms with Crippen LogP contribution in [0.25, 0.3) is 0 Å². The molecule has 24 heavy (non-hydrogen) atoms. The van der Waals surface area contributed by atoms with E-state index in [4.69, 9.17) is 0 Å². The predicted octanol–water partition coefficient (Wildman–Crippen LogP) is 4.85. The summed E-state index contributed by atoms with van der Waals surface area (Å²) in [4.78, 5) is 26.4. The van der Waals surface area contributed by atoms with Crippen LogP contribution in [-0.2, 0) is 0 Å². The molecular formula is C18H16Br2N2O2. The summed E-state index contributed by atoms with van der Waals surface area (Å²) in [5.41, 5.74) is 3.06. The van der Waals surface area contributed by atoms with Gasteiger partial charge in [-0.2, -0.15) is 0 Å². The Morgan fingerprint density at radius 3 is 1.42 bits per heavy atom. The molecular weight excluding hydrogens is 436 g/mol. The first-order valence-corrected chi connectivity index (χ1v) is 9.31. The van der Waals surface area contributed by atoms with Crippen LogP contribution in [0.3, 0.4) is 0 Å². The maximum atomic E-state index is 13.2. The zero-order valence-corrected chi connectivity index (χ0v) is 16.5. The van der Waals surface area contributed by atoms with Crippen LogP contribution in [0.2, 0.25) is 0 Å². The molecule has 0 aliphatic heterocycles. The Balaban J connectivity index is 2.34. The number of hydrogen-bond acceptors (Lipinski definition) is 4. The van der Waals surface area contributed by atoms with E-state index in [2.05, 4.69) is 42.5 Å². The number of halogens is 2. The van der Waals surface area contributed by atoms with Crippen molar-refractivity contribution in [2.45, 2.75) is 13.8 Å². The minimum atomic E-state index is -0.150. The first-order valence-electron chi connectivity index (χ1n) is 7.73. The van der Waals surface area contributed by atoms with Crippen LogP contribution in [-0.4, -0.2) is 24.7 Å². The number of nitrogens with one attached hydrogen (secondary N) is 2. The normalized spacial score (nSPS) is 12.7. The number of benzene rings is 2. The quantitative estimate of drug-likeness (QED) is 0.595. The van der Waals surface area contributed by atoms with Crippen molar-refractivity contribution in [3.05, 3.63) is 55.5 Å². The van der Waals surface area contributed by atoms with Gasteiger partial charge in [0.25, 0.3) is 0 Å². The van der Waals surface area contributed by atoms with E-state index in [1.54, 1.807) is 12.1 Å². The summed E-state index contributed by atoms with van der Waals surface area (Å²) >= 11 is 6.87. The second-order valence-electron chi connectivity index (χ2n) is 5.41. The average Bonchev–Trinajstić information content (AvgIpc) is 2.56. The third-order valence-electron chi connectivity index (χ3n) is 3.95. The van der Waals surface area contributed by atoms with Crippen molar-refractivity contribution in [2.24, 2.45) is 0 Å². The van der Waals surface area contributed by atoms with E-state index in [1.165, 1.54) is 0 Å². The number of ketones is 2. The molecule has 0 bridgehead atoms. The first kappa shape index (κ1) is 17.2. The molecule has 4 nitrogen and oxygen atoms in total. The summed E-state index contributed by atoms with van der Waals surface area (Å²) in [6.07, 6.45) is 0. The zero-order chi connectivity index (χ0) is 17.4. The molecule has 2 aromatic carbocycles. The van der Waals surface area contributed by atoms with E-state index in [0.717, 1.165) is 0 Å². The van der Waals surface area contributed by atoms with Crippen LogP contribution in [0.15, 0.2) is 33.2 Å². The van der Waals surface area contributed by atoms with Gasteiger partial charge in [-0.05, 0) is 38.1 Å². The number of hydrogen-bond donors (Lipinski definition) is 2. The molecule has 2 aromatic rings. The molecule has 0 heterocycles. The second-order valence-corrected chi connectivity index (χ2v) is 7.12. The molecule has 124 valence electrons. The fourth-order valence-corrected chi connectivity index (χ4v) is 4.02. The Labute approximate surface area is 157 Å². The Morgan fingerprint density at radius 1 is 0.708 bits per heavy atom. The van der Waals surface area contributed by atoms with Crippen molar-refractivity contribution in [3.8, 4) is 0 Å². The maximum absolute atomic E-state index is 13.2. The van der Waals surface area contributed by atoms with E-state index < -0.39 is 0 Å². The fourth-order valence-electron chi connectivity index (χ4n) is 3.00. The Bertz CT molecular complexity index is 791. The molecule has 0 atom stereocenters. The van der Waals surface area contributed by atoms with Gasteiger partial charge >= 0.3 is 0 Å². The predicted molar refractivity (Wildman–Crippen MR) is 103 cm³/mol. The number of carbonyl (C=O) groups is 2. The van der Waals surface area contributed by atoms with E-state index in [-0.39, 0.29) is 11.6 Å². The monoisotopic (exact) mass is 450 g/mol. The minimum Gasteiger partial charge on any atom is -0.385 e. The van der Waals surface area contributed by atoms with Crippen molar-refractivity contribution >= 4 is 54.8 Å². The zero-order valence-electron chi connectivity index (χ0n) is 13.3. The lowest BCUT2D eigenvalue weighted by Gasteiger charge is -2.24. The van der Waals surface area contributed by atoms with Crippen LogP contribution in [0.5, 0.6) is 0 Å². The molecule has 0 aromatic heterocycles. The van der Waals surface area contributed by atoms with Gasteiger partial charge in [0.15, 0.2) is 11.6 Å². The Kier molecular flexibility index (Phi) is 4.78. The van der Waals surface area contributed by atoms with Gasteiger partial charge in [0.2, 0.25) is 0 Å². The lowest BCUT2D eigenvalue weighted by Crippen LogP contribution is -2.25. The summed E-state index contributed by atoms with van der Waals surface area (Å²) in [7, 11) is 0. The molecule has 0 radical (unpaired) electrons. The van der Waals surface area contributed by atoms with Crippen molar-refractivity contribution in [3.63, 3.8) is 0 Å². The van der Waals surface area contributed by atoms with Gasteiger partial charge in [0.1, 0.15) is 0 Å². The highest BCUT2D eigenvalue weighted by Gasteiger charge is 2.36. The number of fused-ring (bicyclic) bond motifs is 2. The van der Waals surface area contributed by atoms with Gasteiger partial charge in [-0.3, -0.25) is 9.59 Å². The number of rotatable bonds is 4. The molecule has 0 unspecified atom stereocenters. The number of carbonyl (C=O) groups excluding carboxylic acids is 2. The van der Waals surface area contributed by atoms with Gasteiger partial charge in [-0.25, -0.2) is 0 Å². The molecule has 1 aliphatic rings. The molecule has 0 spiro atoms. The van der Waals surface area contributed by atoms with Crippen molar-refractivity contribution in [1.82, 2.24) is 0 Å². The topological polar surface area (TPSA) is 58.2 Å². The van der Waals surface area contributed by atoms with Gasteiger partial charge in [0, 0.05) is 33.4 Å². The highest BCUT2D eigenvalue weighted by Crippen LogP contribution is 2.41. The van der Waals surface area contributed by atoms with E-state index in [0.29, 0.717) is 55.7 Å². The van der Waals surface area contributed by atoms with Crippen molar-refractivity contribution in [1.29, 1.82) is 0 Å². The van der Waals surface area contributed by atoms with Crippen LogP contribution in [0.1, 0.15) is 45.7 Å². The fraction of sp³-hybridized carbons (Fsp3) is 0.222. The summed E-state index contributed by atoms with van der Waals surface area (Å²) in [5, 5.41) is 6.36. The molecule has 0 fully saturated rings. The maximum Gasteiger partial charge on any atom is 0.197 e. The van der Waals surface area contributed by atoms with Crippen LogP contribution < -0.4 is 10.6 Å². The SMILES string of the molecule is CCNc1ccc(Br)c2c1C(=O)c1c(Br)ccc(NCC)c1C2=O. The van der Waals surface area contributed by atoms with Gasteiger partial charge in [0.05, 0.1) is 22.3 Å². The molecule has 0 amide bonds. The highest BCUT2D eigenvalue weighted by atomic mass is 79.9. The molecule has 6 heteroatoms. The molecule has 2 N–H and O–H groups in total. The molecule has 1 aliphatic carbocycles. The standard InChI is InChI=1S/C18H16Br2N2O2/c1-3-21-11-7-5-9(19)13-15(11)17(23)14-10(20)6-8-12(22-4-2)16(14)18(13)24/h5-8,21-22H,3-4H2,1-2H3. The summed E-state index contributed by atoms with van der Waals surface area (Å²) < 4.78 is 1.26.